The summed E-state index contributed by atoms with van der Waals surface area (Å²) in [7, 11) is 1.64. The zero-order chi connectivity index (χ0) is 13.9. The fourth-order valence-electron chi connectivity index (χ4n) is 1.96. The molecule has 1 aromatic carbocycles. The maximum absolute atomic E-state index is 5.63. The van der Waals surface area contributed by atoms with Crippen LogP contribution in [0.3, 0.4) is 0 Å². The third-order valence-corrected chi connectivity index (χ3v) is 3.75. The van der Waals surface area contributed by atoms with Crippen LogP contribution in [0.1, 0.15) is 6.92 Å². The number of aromatic nitrogens is 2. The van der Waals surface area contributed by atoms with Crippen LogP contribution in [0.4, 0.5) is 0 Å². The van der Waals surface area contributed by atoms with Gasteiger partial charge in [0.1, 0.15) is 11.4 Å². The molecule has 2 aromatic heterocycles. The zero-order valence-electron chi connectivity index (χ0n) is 11.3. The van der Waals surface area contributed by atoms with Crippen LogP contribution >= 0.6 is 11.3 Å². The molecule has 3 aromatic rings. The summed E-state index contributed by atoms with van der Waals surface area (Å²) in [6.45, 7) is 2.51. The maximum atomic E-state index is 5.63. The SMILES string of the molecule is CCOc1nc2ccc(OC)cc2nc1-c1cccs1. The third kappa shape index (κ3) is 2.32. The molecule has 2 heterocycles. The second-order valence-electron chi connectivity index (χ2n) is 4.14. The van der Waals surface area contributed by atoms with E-state index in [2.05, 4.69) is 9.97 Å². The summed E-state index contributed by atoms with van der Waals surface area (Å²) in [4.78, 5) is 10.3. The highest BCUT2D eigenvalue weighted by Gasteiger charge is 2.13. The predicted octanol–water partition coefficient (Wildman–Crippen LogP) is 3.77. The molecule has 0 N–H and O–H groups in total. The Morgan fingerprint density at radius 1 is 1.15 bits per heavy atom. The van der Waals surface area contributed by atoms with Crippen LogP contribution in [0.15, 0.2) is 35.7 Å². The van der Waals surface area contributed by atoms with E-state index >= 15 is 0 Å². The van der Waals surface area contributed by atoms with Crippen molar-refractivity contribution < 1.29 is 9.47 Å². The predicted molar refractivity (Wildman–Crippen MR) is 80.6 cm³/mol. The van der Waals surface area contributed by atoms with Gasteiger partial charge in [-0.05, 0) is 30.5 Å². The van der Waals surface area contributed by atoms with Gasteiger partial charge in [0, 0.05) is 6.07 Å². The van der Waals surface area contributed by atoms with Crippen molar-refractivity contribution >= 4 is 22.4 Å². The topological polar surface area (TPSA) is 44.2 Å². The van der Waals surface area contributed by atoms with Crippen molar-refractivity contribution in [2.45, 2.75) is 6.92 Å². The van der Waals surface area contributed by atoms with Gasteiger partial charge in [0.25, 0.3) is 0 Å². The van der Waals surface area contributed by atoms with Crippen LogP contribution in [0, 0.1) is 0 Å². The molecule has 4 nitrogen and oxygen atoms in total. The first-order valence-corrected chi connectivity index (χ1v) is 7.22. The Hall–Kier alpha value is -2.14. The van der Waals surface area contributed by atoms with Gasteiger partial charge in [-0.15, -0.1) is 11.3 Å². The van der Waals surface area contributed by atoms with Crippen molar-refractivity contribution in [1.29, 1.82) is 0 Å². The Kier molecular flexibility index (Phi) is 3.52. The van der Waals surface area contributed by atoms with E-state index in [0.29, 0.717) is 12.5 Å². The molecule has 0 amide bonds. The summed E-state index contributed by atoms with van der Waals surface area (Å²) in [5.41, 5.74) is 2.38. The van der Waals surface area contributed by atoms with Gasteiger partial charge in [0.15, 0.2) is 0 Å². The molecule has 0 aliphatic heterocycles. The summed E-state index contributed by atoms with van der Waals surface area (Å²) in [5, 5.41) is 2.02. The summed E-state index contributed by atoms with van der Waals surface area (Å²) in [5.74, 6) is 1.35. The minimum Gasteiger partial charge on any atom is -0.497 e. The Morgan fingerprint density at radius 2 is 2.05 bits per heavy atom. The molecule has 0 spiro atoms. The summed E-state index contributed by atoms with van der Waals surface area (Å²) < 4.78 is 10.9. The number of nitrogens with zero attached hydrogens (tertiary/aromatic N) is 2. The fourth-order valence-corrected chi connectivity index (χ4v) is 2.66. The van der Waals surface area contributed by atoms with E-state index in [0.717, 1.165) is 27.4 Å². The van der Waals surface area contributed by atoms with Crippen LogP contribution in [-0.4, -0.2) is 23.7 Å². The van der Waals surface area contributed by atoms with Crippen LogP contribution < -0.4 is 9.47 Å². The standard InChI is InChI=1S/C15H14N2O2S/c1-3-19-15-14(13-5-4-8-20-13)16-12-9-10(18-2)6-7-11(12)17-15/h4-9H,3H2,1-2H3. The van der Waals surface area contributed by atoms with E-state index in [9.17, 15) is 0 Å². The normalized spacial score (nSPS) is 10.7. The highest BCUT2D eigenvalue weighted by Crippen LogP contribution is 2.32. The number of hydrogen-bond acceptors (Lipinski definition) is 5. The average molecular weight is 286 g/mol. The first-order chi connectivity index (χ1) is 9.81. The van der Waals surface area contributed by atoms with Gasteiger partial charge in [-0.3, -0.25) is 0 Å². The van der Waals surface area contributed by atoms with E-state index in [1.807, 2.05) is 42.6 Å². The summed E-state index contributed by atoms with van der Waals surface area (Å²) in [6.07, 6.45) is 0. The molecule has 0 unspecified atom stereocenters. The van der Waals surface area contributed by atoms with E-state index in [1.54, 1.807) is 18.4 Å². The number of benzene rings is 1. The largest absolute Gasteiger partial charge is 0.497 e. The van der Waals surface area contributed by atoms with Gasteiger partial charge < -0.3 is 9.47 Å². The van der Waals surface area contributed by atoms with Gasteiger partial charge in [0.05, 0.1) is 29.6 Å². The minimum absolute atomic E-state index is 0.564. The molecule has 0 saturated carbocycles. The van der Waals surface area contributed by atoms with Crippen molar-refractivity contribution in [2.24, 2.45) is 0 Å². The van der Waals surface area contributed by atoms with Crippen molar-refractivity contribution in [1.82, 2.24) is 9.97 Å². The lowest BCUT2D eigenvalue weighted by Gasteiger charge is -2.09. The van der Waals surface area contributed by atoms with Gasteiger partial charge in [0.2, 0.25) is 5.88 Å². The zero-order valence-corrected chi connectivity index (χ0v) is 12.1. The Labute approximate surface area is 121 Å². The third-order valence-electron chi connectivity index (χ3n) is 2.88. The number of methoxy groups -OCH3 is 1. The molecular weight excluding hydrogens is 272 g/mol. The van der Waals surface area contributed by atoms with E-state index in [-0.39, 0.29) is 0 Å². The number of fused-ring (bicyclic) bond motifs is 1. The Morgan fingerprint density at radius 3 is 2.75 bits per heavy atom. The molecule has 3 rings (SSSR count). The van der Waals surface area contributed by atoms with Crippen LogP contribution in [0.2, 0.25) is 0 Å². The van der Waals surface area contributed by atoms with E-state index in [4.69, 9.17) is 9.47 Å². The molecule has 0 bridgehead atoms. The molecule has 0 aliphatic rings. The molecule has 0 aliphatic carbocycles. The molecule has 0 atom stereocenters. The molecule has 5 heteroatoms. The first kappa shape index (κ1) is 12.9. The second-order valence-corrected chi connectivity index (χ2v) is 5.09. The number of hydrogen-bond donors (Lipinski definition) is 0. The van der Waals surface area contributed by atoms with Crippen molar-refractivity contribution in [3.63, 3.8) is 0 Å². The lowest BCUT2D eigenvalue weighted by atomic mass is 10.2. The second kappa shape index (κ2) is 5.46. The molecular formula is C15H14N2O2S. The Balaban J connectivity index is 2.21. The van der Waals surface area contributed by atoms with Gasteiger partial charge in [-0.2, -0.15) is 0 Å². The van der Waals surface area contributed by atoms with E-state index in [1.165, 1.54) is 0 Å². The first-order valence-electron chi connectivity index (χ1n) is 6.34. The number of rotatable bonds is 4. The smallest absolute Gasteiger partial charge is 0.242 e. The van der Waals surface area contributed by atoms with Gasteiger partial charge >= 0.3 is 0 Å². The van der Waals surface area contributed by atoms with E-state index < -0.39 is 0 Å². The molecule has 20 heavy (non-hydrogen) atoms. The lowest BCUT2D eigenvalue weighted by Crippen LogP contribution is -1.99. The van der Waals surface area contributed by atoms with Crippen molar-refractivity contribution in [2.75, 3.05) is 13.7 Å². The van der Waals surface area contributed by atoms with Crippen LogP contribution in [0.5, 0.6) is 11.6 Å². The van der Waals surface area contributed by atoms with Gasteiger partial charge in [-0.1, -0.05) is 6.07 Å². The molecule has 0 fully saturated rings. The van der Waals surface area contributed by atoms with Crippen molar-refractivity contribution in [3.05, 3.63) is 35.7 Å². The monoisotopic (exact) mass is 286 g/mol. The quantitative estimate of drug-likeness (QED) is 0.732. The van der Waals surface area contributed by atoms with Crippen molar-refractivity contribution in [3.8, 4) is 22.2 Å². The molecule has 0 radical (unpaired) electrons. The Bertz CT molecular complexity index is 726. The molecule has 102 valence electrons. The summed E-state index contributed by atoms with van der Waals surface area (Å²) >= 11 is 1.62. The fraction of sp³-hybridized carbons (Fsp3) is 0.200. The highest BCUT2D eigenvalue weighted by molar-refractivity contribution is 7.13. The van der Waals surface area contributed by atoms with Crippen LogP contribution in [-0.2, 0) is 0 Å². The average Bonchev–Trinajstić information content (AvgIpc) is 3.00. The maximum Gasteiger partial charge on any atom is 0.242 e. The summed E-state index contributed by atoms with van der Waals surface area (Å²) in [6, 6.07) is 9.66. The minimum atomic E-state index is 0.564. The number of thiophene rings is 1. The lowest BCUT2D eigenvalue weighted by molar-refractivity contribution is 0.328. The molecule has 0 saturated heterocycles. The van der Waals surface area contributed by atoms with Gasteiger partial charge in [-0.25, -0.2) is 9.97 Å². The number of ether oxygens (including phenoxy) is 2. The van der Waals surface area contributed by atoms with Crippen LogP contribution in [0.25, 0.3) is 21.6 Å². The highest BCUT2D eigenvalue weighted by atomic mass is 32.1.